The molecule has 6 heavy (non-hydrogen) atoms. The second kappa shape index (κ2) is 0.784. The summed E-state index contributed by atoms with van der Waals surface area (Å²) in [5, 5.41) is 3.39. The number of hydrogen-bond donors (Lipinski definition) is 1. The van der Waals surface area contributed by atoms with Crippen LogP contribution in [0.2, 0.25) is 0 Å². The quantitative estimate of drug-likeness (QED) is 0.454. The fourth-order valence-electron chi connectivity index (χ4n) is 1.27. The van der Waals surface area contributed by atoms with E-state index in [-0.39, 0.29) is 1.43 Å². The summed E-state index contributed by atoms with van der Waals surface area (Å²) in [4.78, 5) is 0. The summed E-state index contributed by atoms with van der Waals surface area (Å²) < 4.78 is 0. The average molecular weight is 85.1 g/mol. The first-order valence-electron chi connectivity index (χ1n) is 2.70. The molecule has 1 saturated carbocycles. The van der Waals surface area contributed by atoms with Crippen molar-refractivity contribution in [3.8, 4) is 0 Å². The molecule has 0 aromatic carbocycles. The van der Waals surface area contributed by atoms with Gasteiger partial charge in [-0.3, -0.25) is 0 Å². The van der Waals surface area contributed by atoms with Crippen molar-refractivity contribution in [2.75, 3.05) is 6.54 Å². The molecular formula is C5H11N. The molecule has 1 aliphatic heterocycles. The van der Waals surface area contributed by atoms with E-state index in [0.29, 0.717) is 0 Å². The molecular weight excluding hydrogens is 74.1 g/mol. The first-order valence-corrected chi connectivity index (χ1v) is 2.70. The SMILES string of the molecule is C1CC2CC2N1.[HH]. The lowest BCUT2D eigenvalue weighted by atomic mass is 10.3. The maximum absolute atomic E-state index is 3.39. The van der Waals surface area contributed by atoms with Crippen LogP contribution in [0.3, 0.4) is 0 Å². The molecule has 0 bridgehead atoms. The highest BCUT2D eigenvalue weighted by Crippen LogP contribution is 2.37. The highest BCUT2D eigenvalue weighted by atomic mass is 15.0. The van der Waals surface area contributed by atoms with E-state index < -0.39 is 0 Å². The molecule has 0 radical (unpaired) electrons. The third-order valence-electron chi connectivity index (χ3n) is 1.84. The summed E-state index contributed by atoms with van der Waals surface area (Å²) in [6.45, 7) is 1.29. The zero-order valence-electron chi connectivity index (χ0n) is 3.78. The van der Waals surface area contributed by atoms with E-state index >= 15 is 0 Å². The molecule has 2 aliphatic rings. The highest BCUT2D eigenvalue weighted by molar-refractivity contribution is 4.98. The Kier molecular flexibility index (Phi) is 0.396. The van der Waals surface area contributed by atoms with E-state index in [9.17, 15) is 0 Å². The molecule has 1 heterocycles. The molecule has 1 aliphatic carbocycles. The van der Waals surface area contributed by atoms with Gasteiger partial charge in [0.2, 0.25) is 0 Å². The van der Waals surface area contributed by atoms with Gasteiger partial charge in [-0.05, 0) is 25.3 Å². The average Bonchev–Trinajstić information content (AvgIpc) is 2.17. The number of piperidine rings is 1. The summed E-state index contributed by atoms with van der Waals surface area (Å²) in [6.07, 6.45) is 2.92. The zero-order valence-corrected chi connectivity index (χ0v) is 3.78. The summed E-state index contributed by atoms with van der Waals surface area (Å²) in [5.74, 6) is 1.10. The number of hydrogen-bond acceptors (Lipinski definition) is 1. The van der Waals surface area contributed by atoms with Crippen molar-refractivity contribution in [3.05, 3.63) is 0 Å². The van der Waals surface area contributed by atoms with Crippen molar-refractivity contribution in [1.29, 1.82) is 0 Å². The molecule has 1 heteroatoms. The monoisotopic (exact) mass is 85.1 g/mol. The molecule has 0 spiro atoms. The Morgan fingerprint density at radius 3 is 2.83 bits per heavy atom. The molecule has 1 N–H and O–H groups in total. The minimum absolute atomic E-state index is 0. The summed E-state index contributed by atoms with van der Waals surface area (Å²) in [6, 6.07) is 0.963. The predicted octanol–water partition coefficient (Wildman–Crippen LogP) is 0.614. The van der Waals surface area contributed by atoms with E-state index in [1.54, 1.807) is 0 Å². The van der Waals surface area contributed by atoms with E-state index in [1.807, 2.05) is 0 Å². The Morgan fingerprint density at radius 1 is 1.67 bits per heavy atom. The lowest BCUT2D eigenvalue weighted by Gasteiger charge is -1.86. The van der Waals surface area contributed by atoms with E-state index in [1.165, 1.54) is 19.4 Å². The van der Waals surface area contributed by atoms with Crippen LogP contribution < -0.4 is 5.32 Å². The minimum atomic E-state index is 0. The number of nitrogens with one attached hydrogen (secondary N) is 1. The Morgan fingerprint density at radius 2 is 2.67 bits per heavy atom. The van der Waals surface area contributed by atoms with E-state index in [0.717, 1.165) is 12.0 Å². The van der Waals surface area contributed by atoms with Crippen LogP contribution in [-0.2, 0) is 0 Å². The molecule has 2 fully saturated rings. The van der Waals surface area contributed by atoms with Crippen LogP contribution in [0.25, 0.3) is 0 Å². The Bertz CT molecular complexity index is 66.5. The Balaban J connectivity index is 0.000000245. The van der Waals surface area contributed by atoms with Gasteiger partial charge in [0.05, 0.1) is 0 Å². The lowest BCUT2D eigenvalue weighted by Crippen LogP contribution is -2.10. The van der Waals surface area contributed by atoms with Gasteiger partial charge in [0, 0.05) is 7.47 Å². The van der Waals surface area contributed by atoms with Crippen LogP contribution in [-0.4, -0.2) is 12.6 Å². The van der Waals surface area contributed by atoms with E-state index in [4.69, 9.17) is 0 Å². The fourth-order valence-corrected chi connectivity index (χ4v) is 1.27. The van der Waals surface area contributed by atoms with E-state index in [2.05, 4.69) is 5.32 Å². The first kappa shape index (κ1) is 3.03. The third kappa shape index (κ3) is 0.243. The topological polar surface area (TPSA) is 12.0 Å². The second-order valence-electron chi connectivity index (χ2n) is 2.35. The van der Waals surface area contributed by atoms with Gasteiger partial charge in [0.1, 0.15) is 0 Å². The lowest BCUT2D eigenvalue weighted by molar-refractivity contribution is 0.741. The van der Waals surface area contributed by atoms with Gasteiger partial charge in [-0.15, -0.1) is 0 Å². The van der Waals surface area contributed by atoms with Gasteiger partial charge in [0.15, 0.2) is 0 Å². The smallest absolute Gasteiger partial charge is 0.00996 e. The summed E-state index contributed by atoms with van der Waals surface area (Å²) in [7, 11) is 0. The molecule has 0 amide bonds. The van der Waals surface area contributed by atoms with Crippen LogP contribution in [0.4, 0.5) is 0 Å². The number of rotatable bonds is 0. The molecule has 1 nitrogen and oxygen atoms in total. The van der Waals surface area contributed by atoms with Gasteiger partial charge in [0.25, 0.3) is 0 Å². The number of fused-ring (bicyclic) bond motifs is 1. The molecule has 36 valence electrons. The van der Waals surface area contributed by atoms with Crippen molar-refractivity contribution in [1.82, 2.24) is 5.32 Å². The molecule has 0 aromatic heterocycles. The molecule has 2 atom stereocenters. The Labute approximate surface area is 39.2 Å². The first-order chi connectivity index (χ1) is 2.97. The molecule has 0 aromatic rings. The fraction of sp³-hybridized carbons (Fsp3) is 1.00. The standard InChI is InChI=1S/C5H9N.H2/c1-2-6-5-3-4(1)5;/h4-6H,1-3H2;1H. The van der Waals surface area contributed by atoms with Crippen LogP contribution in [0.1, 0.15) is 14.3 Å². The van der Waals surface area contributed by atoms with Crippen molar-refractivity contribution >= 4 is 0 Å². The maximum atomic E-state index is 3.39. The molecule has 2 unspecified atom stereocenters. The van der Waals surface area contributed by atoms with Crippen molar-refractivity contribution < 1.29 is 1.43 Å². The third-order valence-corrected chi connectivity index (χ3v) is 1.84. The van der Waals surface area contributed by atoms with Gasteiger partial charge in [-0.25, -0.2) is 0 Å². The zero-order chi connectivity index (χ0) is 3.98. The van der Waals surface area contributed by atoms with Crippen LogP contribution in [0, 0.1) is 5.92 Å². The summed E-state index contributed by atoms with van der Waals surface area (Å²) >= 11 is 0. The van der Waals surface area contributed by atoms with Crippen molar-refractivity contribution in [2.45, 2.75) is 18.9 Å². The predicted molar refractivity (Wildman–Crippen MR) is 26.6 cm³/mol. The van der Waals surface area contributed by atoms with Gasteiger partial charge >= 0.3 is 0 Å². The molecule has 2 rings (SSSR count). The van der Waals surface area contributed by atoms with Crippen molar-refractivity contribution in [2.24, 2.45) is 5.92 Å². The van der Waals surface area contributed by atoms with Crippen LogP contribution in [0.15, 0.2) is 0 Å². The van der Waals surface area contributed by atoms with Gasteiger partial charge in [-0.1, -0.05) is 0 Å². The van der Waals surface area contributed by atoms with Crippen molar-refractivity contribution in [3.63, 3.8) is 0 Å². The summed E-state index contributed by atoms with van der Waals surface area (Å²) in [5.41, 5.74) is 0. The van der Waals surface area contributed by atoms with Gasteiger partial charge in [-0.2, -0.15) is 0 Å². The molecule has 1 saturated heterocycles. The maximum Gasteiger partial charge on any atom is 0.00996 e. The minimum Gasteiger partial charge on any atom is -0.314 e. The Hall–Kier alpha value is -0.0400. The van der Waals surface area contributed by atoms with Crippen LogP contribution >= 0.6 is 0 Å². The van der Waals surface area contributed by atoms with Crippen LogP contribution in [0.5, 0.6) is 0 Å². The second-order valence-corrected chi connectivity index (χ2v) is 2.35. The largest absolute Gasteiger partial charge is 0.314 e. The van der Waals surface area contributed by atoms with Gasteiger partial charge < -0.3 is 5.32 Å². The normalized spacial score (nSPS) is 52.0. The highest BCUT2D eigenvalue weighted by Gasteiger charge is 2.40.